The molecule has 3 heteroatoms. The fourth-order valence-electron chi connectivity index (χ4n) is 3.62. The van der Waals surface area contributed by atoms with Gasteiger partial charge in [0.1, 0.15) is 11.5 Å². The van der Waals surface area contributed by atoms with Gasteiger partial charge in [0.2, 0.25) is 0 Å². The Morgan fingerprint density at radius 3 is 1.52 bits per heavy atom. The van der Waals surface area contributed by atoms with E-state index in [0.717, 1.165) is 25.7 Å². The number of aliphatic hydroxyl groups excluding tert-OH is 1. The van der Waals surface area contributed by atoms with Crippen molar-refractivity contribution in [2.75, 3.05) is 6.61 Å². The van der Waals surface area contributed by atoms with Gasteiger partial charge < -0.3 is 15.3 Å². The van der Waals surface area contributed by atoms with Crippen LogP contribution >= 0.6 is 0 Å². The van der Waals surface area contributed by atoms with E-state index in [1.165, 1.54) is 30.4 Å². The van der Waals surface area contributed by atoms with Crippen molar-refractivity contribution in [1.29, 1.82) is 0 Å². The third-order valence-electron chi connectivity index (χ3n) is 5.06. The average molecular weight is 342 g/mol. The molecule has 0 saturated heterocycles. The van der Waals surface area contributed by atoms with Crippen molar-refractivity contribution < 1.29 is 15.3 Å². The molecule has 25 heavy (non-hydrogen) atoms. The lowest BCUT2D eigenvalue weighted by Gasteiger charge is -2.38. The van der Waals surface area contributed by atoms with E-state index in [2.05, 4.69) is 6.92 Å². The first-order chi connectivity index (χ1) is 12.1. The standard InChI is InChI=1S/C18H20O2.C4H10O/c19-16-8-4-14(5-9-16)18(12-2-1-3-13-18)15-6-10-17(20)11-7-15;1-2-3-4-5/h4-11,19-20H,1-3,12-13H2;5H,2-4H2,1H3. The SMILES string of the molecule is CCCCO.Oc1ccc(C2(c3ccc(O)cc3)CCCCC2)cc1. The van der Waals surface area contributed by atoms with Gasteiger partial charge in [0.05, 0.1) is 0 Å². The monoisotopic (exact) mass is 342 g/mol. The molecule has 0 heterocycles. The highest BCUT2D eigenvalue weighted by Gasteiger charge is 2.35. The highest BCUT2D eigenvalue weighted by molar-refractivity contribution is 5.43. The molecule has 1 aliphatic carbocycles. The van der Waals surface area contributed by atoms with Crippen LogP contribution in [0.1, 0.15) is 63.0 Å². The van der Waals surface area contributed by atoms with Crippen LogP contribution < -0.4 is 0 Å². The summed E-state index contributed by atoms with van der Waals surface area (Å²) in [6.07, 6.45) is 8.03. The summed E-state index contributed by atoms with van der Waals surface area (Å²) in [5.41, 5.74) is 2.56. The molecule has 0 radical (unpaired) electrons. The third-order valence-corrected chi connectivity index (χ3v) is 5.06. The molecule has 0 amide bonds. The van der Waals surface area contributed by atoms with Gasteiger partial charge in [-0.1, -0.05) is 56.9 Å². The summed E-state index contributed by atoms with van der Waals surface area (Å²) in [4.78, 5) is 0. The van der Waals surface area contributed by atoms with Gasteiger partial charge in [0.25, 0.3) is 0 Å². The summed E-state index contributed by atoms with van der Waals surface area (Å²) in [6.45, 7) is 2.40. The van der Waals surface area contributed by atoms with Crippen molar-refractivity contribution in [3.05, 3.63) is 59.7 Å². The zero-order valence-corrected chi connectivity index (χ0v) is 15.1. The minimum Gasteiger partial charge on any atom is -0.508 e. The molecule has 3 rings (SSSR count). The van der Waals surface area contributed by atoms with Gasteiger partial charge in [0.15, 0.2) is 0 Å². The van der Waals surface area contributed by atoms with E-state index in [9.17, 15) is 10.2 Å². The number of unbranched alkanes of at least 4 members (excludes halogenated alkanes) is 1. The van der Waals surface area contributed by atoms with E-state index < -0.39 is 0 Å². The maximum absolute atomic E-state index is 9.51. The van der Waals surface area contributed by atoms with E-state index in [4.69, 9.17) is 5.11 Å². The molecule has 0 atom stereocenters. The highest BCUT2D eigenvalue weighted by atomic mass is 16.3. The molecule has 0 unspecified atom stereocenters. The summed E-state index contributed by atoms with van der Waals surface area (Å²) in [6, 6.07) is 15.2. The minimum atomic E-state index is 0.0274. The summed E-state index contributed by atoms with van der Waals surface area (Å²) in [7, 11) is 0. The molecule has 1 fully saturated rings. The lowest BCUT2D eigenvalue weighted by atomic mass is 9.65. The third kappa shape index (κ3) is 4.99. The number of benzene rings is 2. The van der Waals surface area contributed by atoms with Crippen molar-refractivity contribution in [2.45, 2.75) is 57.3 Å². The Bertz CT molecular complexity index is 561. The predicted molar refractivity (Wildman–Crippen MR) is 102 cm³/mol. The van der Waals surface area contributed by atoms with E-state index in [1.54, 1.807) is 24.3 Å². The lowest BCUT2D eigenvalue weighted by Crippen LogP contribution is -2.30. The first-order valence-electron chi connectivity index (χ1n) is 9.32. The van der Waals surface area contributed by atoms with E-state index in [0.29, 0.717) is 18.1 Å². The van der Waals surface area contributed by atoms with Crippen molar-refractivity contribution in [3.8, 4) is 11.5 Å². The number of phenols is 2. The molecule has 0 bridgehead atoms. The second-order valence-corrected chi connectivity index (χ2v) is 6.81. The first-order valence-corrected chi connectivity index (χ1v) is 9.32. The Kier molecular flexibility index (Phi) is 7.32. The van der Waals surface area contributed by atoms with Crippen LogP contribution in [-0.4, -0.2) is 21.9 Å². The zero-order chi connectivity index (χ0) is 18.1. The number of aromatic hydroxyl groups is 2. The molecule has 1 aliphatic rings. The molecule has 0 spiro atoms. The Morgan fingerprint density at radius 2 is 1.20 bits per heavy atom. The highest BCUT2D eigenvalue weighted by Crippen LogP contribution is 2.45. The topological polar surface area (TPSA) is 60.7 Å². The smallest absolute Gasteiger partial charge is 0.115 e. The van der Waals surface area contributed by atoms with E-state index >= 15 is 0 Å². The van der Waals surface area contributed by atoms with Gasteiger partial charge in [-0.3, -0.25) is 0 Å². The number of aliphatic hydroxyl groups is 1. The molecular formula is C22H30O3. The number of hydrogen-bond acceptors (Lipinski definition) is 3. The van der Waals surface area contributed by atoms with Crippen LogP contribution in [0.3, 0.4) is 0 Å². The minimum absolute atomic E-state index is 0.0274. The van der Waals surface area contributed by atoms with Gasteiger partial charge in [0, 0.05) is 12.0 Å². The Labute approximate surface area is 151 Å². The van der Waals surface area contributed by atoms with Gasteiger partial charge in [-0.25, -0.2) is 0 Å². The summed E-state index contributed by atoms with van der Waals surface area (Å²) in [5, 5.41) is 27.1. The van der Waals surface area contributed by atoms with Gasteiger partial charge in [-0.15, -0.1) is 0 Å². The van der Waals surface area contributed by atoms with Crippen LogP contribution in [0.25, 0.3) is 0 Å². The summed E-state index contributed by atoms with van der Waals surface area (Å²) < 4.78 is 0. The summed E-state index contributed by atoms with van der Waals surface area (Å²) in [5.74, 6) is 0.621. The second kappa shape index (κ2) is 9.47. The maximum atomic E-state index is 9.51. The first kappa shape index (κ1) is 19.3. The van der Waals surface area contributed by atoms with Crippen molar-refractivity contribution in [3.63, 3.8) is 0 Å². The largest absolute Gasteiger partial charge is 0.508 e. The Morgan fingerprint density at radius 1 is 0.760 bits per heavy atom. The van der Waals surface area contributed by atoms with Gasteiger partial charge in [-0.2, -0.15) is 0 Å². The molecule has 2 aromatic carbocycles. The van der Waals surface area contributed by atoms with Gasteiger partial charge >= 0.3 is 0 Å². The molecule has 2 aromatic rings. The molecule has 136 valence electrons. The Hall–Kier alpha value is -2.00. The Balaban J connectivity index is 0.000000399. The average Bonchev–Trinajstić information content (AvgIpc) is 2.65. The number of phenolic OH excluding ortho intramolecular Hbond substituents is 2. The van der Waals surface area contributed by atoms with Crippen LogP contribution in [0.15, 0.2) is 48.5 Å². The van der Waals surface area contributed by atoms with Crippen LogP contribution in [0.4, 0.5) is 0 Å². The molecule has 1 saturated carbocycles. The van der Waals surface area contributed by atoms with Crippen molar-refractivity contribution >= 4 is 0 Å². The van der Waals surface area contributed by atoms with Crippen LogP contribution in [0, 0.1) is 0 Å². The van der Waals surface area contributed by atoms with Crippen molar-refractivity contribution in [1.82, 2.24) is 0 Å². The molecule has 0 aliphatic heterocycles. The van der Waals surface area contributed by atoms with Crippen LogP contribution in [0.5, 0.6) is 11.5 Å². The summed E-state index contributed by atoms with van der Waals surface area (Å²) >= 11 is 0. The second-order valence-electron chi connectivity index (χ2n) is 6.81. The molecular weight excluding hydrogens is 312 g/mol. The normalized spacial score (nSPS) is 15.9. The molecule has 3 N–H and O–H groups in total. The fourth-order valence-corrected chi connectivity index (χ4v) is 3.62. The fraction of sp³-hybridized carbons (Fsp3) is 0.455. The van der Waals surface area contributed by atoms with Crippen LogP contribution in [-0.2, 0) is 5.41 Å². The predicted octanol–water partition coefficient (Wildman–Crippen LogP) is 5.13. The zero-order valence-electron chi connectivity index (χ0n) is 15.1. The van der Waals surface area contributed by atoms with Crippen molar-refractivity contribution in [2.24, 2.45) is 0 Å². The van der Waals surface area contributed by atoms with E-state index in [1.807, 2.05) is 24.3 Å². The number of hydrogen-bond donors (Lipinski definition) is 3. The van der Waals surface area contributed by atoms with Gasteiger partial charge in [-0.05, 0) is 54.7 Å². The molecule has 0 aromatic heterocycles. The molecule has 3 nitrogen and oxygen atoms in total. The maximum Gasteiger partial charge on any atom is 0.115 e. The quantitative estimate of drug-likeness (QED) is 0.722. The lowest BCUT2D eigenvalue weighted by molar-refractivity contribution is 0.287. The number of rotatable bonds is 4. The van der Waals surface area contributed by atoms with Crippen LogP contribution in [0.2, 0.25) is 0 Å². The van der Waals surface area contributed by atoms with E-state index in [-0.39, 0.29) is 5.41 Å².